The van der Waals surface area contributed by atoms with E-state index in [2.05, 4.69) is 9.97 Å². The number of nitrogen functional groups attached to an aromatic ring is 1. The second kappa shape index (κ2) is 4.93. The lowest BCUT2D eigenvalue weighted by molar-refractivity contribution is 0.464. The number of aromatic nitrogens is 2. The highest BCUT2D eigenvalue weighted by molar-refractivity contribution is 5.48. The first kappa shape index (κ1) is 10.2. The van der Waals surface area contributed by atoms with Crippen LogP contribution < -0.4 is 10.5 Å². The van der Waals surface area contributed by atoms with Crippen LogP contribution in [0.5, 0.6) is 5.88 Å². The Labute approximate surface area is 93.4 Å². The normalized spacial score (nSPS) is 10.5. The zero-order chi connectivity index (χ0) is 11.2. The number of nitrogens with two attached hydrogens (primary N) is 1. The molecule has 0 spiro atoms. The van der Waals surface area contributed by atoms with Crippen LogP contribution in [0, 0.1) is 0 Å². The van der Waals surface area contributed by atoms with Crippen LogP contribution in [0.1, 0.15) is 5.56 Å². The molecular weight excluding hydrogens is 202 g/mol. The summed E-state index contributed by atoms with van der Waals surface area (Å²) in [7, 11) is 0. The molecule has 0 bridgehead atoms. The molecular formula is C12H11N3O. The Balaban J connectivity index is 2.00. The number of hydrogen-bond donors (Lipinski definition) is 1. The number of nitrogens with zero attached hydrogens (tertiary/aromatic N) is 2. The van der Waals surface area contributed by atoms with Gasteiger partial charge in [0.15, 0.2) is 0 Å². The van der Waals surface area contributed by atoms with Gasteiger partial charge < -0.3 is 10.5 Å². The van der Waals surface area contributed by atoms with E-state index in [0.717, 1.165) is 5.56 Å². The predicted molar refractivity (Wildman–Crippen MR) is 62.5 cm³/mol. The number of benzene rings is 1. The maximum absolute atomic E-state index is 5.49. The Kier molecular flexibility index (Phi) is 3.13. The summed E-state index contributed by atoms with van der Waals surface area (Å²) in [6, 6.07) is 11.4. The Morgan fingerprint density at radius 3 is 2.69 bits per heavy atom. The summed E-state index contributed by atoms with van der Waals surface area (Å²) in [5.74, 6) is 0.817. The number of anilines is 1. The molecule has 0 amide bonds. The van der Waals surface area contributed by atoms with E-state index in [1.165, 1.54) is 6.33 Å². The lowest BCUT2D eigenvalue weighted by Crippen LogP contribution is -1.93. The molecule has 2 rings (SSSR count). The summed E-state index contributed by atoms with van der Waals surface area (Å²) in [6.07, 6.45) is 4.77. The highest BCUT2D eigenvalue weighted by Gasteiger charge is 1.93. The monoisotopic (exact) mass is 213 g/mol. The Hall–Kier alpha value is -2.36. The number of rotatable bonds is 3. The van der Waals surface area contributed by atoms with E-state index in [1.54, 1.807) is 12.3 Å². The van der Waals surface area contributed by atoms with Crippen LogP contribution in [-0.2, 0) is 0 Å². The molecule has 0 atom stereocenters. The summed E-state index contributed by atoms with van der Waals surface area (Å²) in [5, 5.41) is 0. The summed E-state index contributed by atoms with van der Waals surface area (Å²) >= 11 is 0. The van der Waals surface area contributed by atoms with E-state index >= 15 is 0 Å². The van der Waals surface area contributed by atoms with Crippen molar-refractivity contribution in [1.82, 2.24) is 9.97 Å². The van der Waals surface area contributed by atoms with Crippen LogP contribution in [0.3, 0.4) is 0 Å². The average Bonchev–Trinajstić information content (AvgIpc) is 2.30. The largest absolute Gasteiger partial charge is 0.446 e. The smallest absolute Gasteiger partial charge is 0.223 e. The topological polar surface area (TPSA) is 61.0 Å². The van der Waals surface area contributed by atoms with Crippen molar-refractivity contribution in [3.63, 3.8) is 0 Å². The Bertz CT molecular complexity index is 483. The van der Waals surface area contributed by atoms with Gasteiger partial charge in [0.2, 0.25) is 5.88 Å². The molecule has 0 aliphatic carbocycles. The highest BCUT2D eigenvalue weighted by atomic mass is 16.5. The van der Waals surface area contributed by atoms with Crippen molar-refractivity contribution in [2.45, 2.75) is 0 Å². The molecule has 0 saturated heterocycles. The fourth-order valence-electron chi connectivity index (χ4n) is 1.16. The van der Waals surface area contributed by atoms with E-state index in [-0.39, 0.29) is 0 Å². The highest BCUT2D eigenvalue weighted by Crippen LogP contribution is 2.09. The maximum Gasteiger partial charge on any atom is 0.223 e. The third kappa shape index (κ3) is 2.81. The Morgan fingerprint density at radius 1 is 1.12 bits per heavy atom. The van der Waals surface area contributed by atoms with Crippen molar-refractivity contribution < 1.29 is 4.74 Å². The fraction of sp³-hybridized carbons (Fsp3) is 0. The van der Waals surface area contributed by atoms with E-state index in [1.807, 2.05) is 36.4 Å². The molecule has 4 nitrogen and oxygen atoms in total. The molecule has 0 aliphatic rings. The molecule has 0 unspecified atom stereocenters. The van der Waals surface area contributed by atoms with Gasteiger partial charge in [-0.1, -0.05) is 30.3 Å². The van der Waals surface area contributed by atoms with Gasteiger partial charge in [0, 0.05) is 6.07 Å². The van der Waals surface area contributed by atoms with Gasteiger partial charge in [0.1, 0.15) is 12.1 Å². The fourth-order valence-corrected chi connectivity index (χ4v) is 1.16. The van der Waals surface area contributed by atoms with Gasteiger partial charge in [-0.3, -0.25) is 0 Å². The van der Waals surface area contributed by atoms with Gasteiger partial charge in [-0.2, -0.15) is 0 Å². The van der Waals surface area contributed by atoms with Crippen molar-refractivity contribution >= 4 is 11.9 Å². The first-order valence-corrected chi connectivity index (χ1v) is 4.80. The van der Waals surface area contributed by atoms with Gasteiger partial charge in [-0.25, -0.2) is 9.97 Å². The van der Waals surface area contributed by atoms with E-state index in [9.17, 15) is 0 Å². The summed E-state index contributed by atoms with van der Waals surface area (Å²) < 4.78 is 5.28. The molecule has 4 heteroatoms. The second-order valence-electron chi connectivity index (χ2n) is 3.11. The SMILES string of the molecule is Nc1cc(OC=Cc2ccccc2)ncn1. The van der Waals surface area contributed by atoms with Crippen molar-refractivity contribution in [3.05, 3.63) is 54.6 Å². The van der Waals surface area contributed by atoms with Gasteiger partial charge in [-0.05, 0) is 11.6 Å². The summed E-state index contributed by atoms with van der Waals surface area (Å²) in [6.45, 7) is 0. The zero-order valence-corrected chi connectivity index (χ0v) is 8.58. The van der Waals surface area contributed by atoms with Crippen LogP contribution in [0.2, 0.25) is 0 Å². The molecule has 1 heterocycles. The van der Waals surface area contributed by atoms with Gasteiger partial charge >= 0.3 is 0 Å². The molecule has 16 heavy (non-hydrogen) atoms. The van der Waals surface area contributed by atoms with E-state index in [4.69, 9.17) is 10.5 Å². The van der Waals surface area contributed by atoms with Crippen molar-refractivity contribution in [1.29, 1.82) is 0 Å². The minimum atomic E-state index is 0.387. The van der Waals surface area contributed by atoms with Crippen LogP contribution in [0.4, 0.5) is 5.82 Å². The molecule has 1 aromatic carbocycles. The standard InChI is InChI=1S/C12H11N3O/c13-11-8-12(15-9-14-11)16-7-6-10-4-2-1-3-5-10/h1-9H,(H2,13,14,15). The zero-order valence-electron chi connectivity index (χ0n) is 8.58. The van der Waals surface area contributed by atoms with Crippen LogP contribution in [-0.4, -0.2) is 9.97 Å². The second-order valence-corrected chi connectivity index (χ2v) is 3.11. The van der Waals surface area contributed by atoms with Crippen molar-refractivity contribution in [2.24, 2.45) is 0 Å². The van der Waals surface area contributed by atoms with E-state index < -0.39 is 0 Å². The summed E-state index contributed by atoms with van der Waals surface area (Å²) in [5.41, 5.74) is 6.55. The van der Waals surface area contributed by atoms with Crippen LogP contribution >= 0.6 is 0 Å². The molecule has 80 valence electrons. The third-order valence-corrected chi connectivity index (χ3v) is 1.91. The molecule has 0 fully saturated rings. The maximum atomic E-state index is 5.49. The Morgan fingerprint density at radius 2 is 1.94 bits per heavy atom. The van der Waals surface area contributed by atoms with Crippen molar-refractivity contribution in [2.75, 3.05) is 5.73 Å². The van der Waals surface area contributed by atoms with Crippen LogP contribution in [0.15, 0.2) is 49.0 Å². The average molecular weight is 213 g/mol. The lowest BCUT2D eigenvalue weighted by Gasteiger charge is -1.98. The van der Waals surface area contributed by atoms with Gasteiger partial charge in [-0.15, -0.1) is 0 Å². The molecule has 2 N–H and O–H groups in total. The summed E-state index contributed by atoms with van der Waals surface area (Å²) in [4.78, 5) is 7.67. The van der Waals surface area contributed by atoms with Crippen molar-refractivity contribution in [3.8, 4) is 5.88 Å². The molecule has 2 aromatic rings. The first-order chi connectivity index (χ1) is 7.84. The quantitative estimate of drug-likeness (QED) is 0.793. The van der Waals surface area contributed by atoms with E-state index in [0.29, 0.717) is 11.7 Å². The minimum absolute atomic E-state index is 0.387. The lowest BCUT2D eigenvalue weighted by atomic mass is 10.2. The molecule has 0 radical (unpaired) electrons. The minimum Gasteiger partial charge on any atom is -0.446 e. The molecule has 0 aliphatic heterocycles. The number of ether oxygens (including phenoxy) is 1. The molecule has 1 aromatic heterocycles. The van der Waals surface area contributed by atoms with Gasteiger partial charge in [0.05, 0.1) is 6.26 Å². The third-order valence-electron chi connectivity index (χ3n) is 1.91. The number of hydrogen-bond acceptors (Lipinski definition) is 4. The van der Waals surface area contributed by atoms with Crippen LogP contribution in [0.25, 0.3) is 6.08 Å². The predicted octanol–water partition coefficient (Wildman–Crippen LogP) is 2.11. The molecule has 0 saturated carbocycles. The van der Waals surface area contributed by atoms with Gasteiger partial charge in [0.25, 0.3) is 0 Å². The first-order valence-electron chi connectivity index (χ1n) is 4.80.